The van der Waals surface area contributed by atoms with Crippen LogP contribution < -0.4 is 5.69 Å². The van der Waals surface area contributed by atoms with Crippen molar-refractivity contribution < 1.29 is 14.0 Å². The van der Waals surface area contributed by atoms with Crippen LogP contribution in [-0.4, -0.2) is 56.8 Å². The summed E-state index contributed by atoms with van der Waals surface area (Å²) in [6.45, 7) is 3.12. The number of carbonyl (C=O) groups excluding carboxylic acids is 2. The van der Waals surface area contributed by atoms with Crippen LogP contribution >= 0.6 is 0 Å². The molecule has 0 bridgehead atoms. The Morgan fingerprint density at radius 3 is 2.55 bits per heavy atom. The molecule has 1 aliphatic heterocycles. The molecule has 0 saturated carbocycles. The smallest absolute Gasteiger partial charge is 0.339 e. The fraction of sp³-hybridized carbons (Fsp3) is 0.280. The van der Waals surface area contributed by atoms with E-state index < -0.39 is 11.7 Å². The third-order valence-electron chi connectivity index (χ3n) is 5.96. The standard InChI is InChI=1S/C25H25FN4O3/c1-2-28-14-15-30(23(31)17-29-13-5-12-27-25(29)33)22(24(28)32)16-19-6-3-4-7-21(19)18-8-10-20(26)11-9-18/h3-13,22H,2,14-17H2,1H3. The van der Waals surface area contributed by atoms with Gasteiger partial charge in [-0.05, 0) is 41.8 Å². The zero-order valence-corrected chi connectivity index (χ0v) is 18.4. The minimum atomic E-state index is -0.694. The van der Waals surface area contributed by atoms with Crippen molar-refractivity contribution in [2.75, 3.05) is 19.6 Å². The maximum Gasteiger partial charge on any atom is 0.347 e. The van der Waals surface area contributed by atoms with Crippen molar-refractivity contribution in [3.63, 3.8) is 0 Å². The minimum Gasteiger partial charge on any atom is -0.339 e. The number of aromatic nitrogens is 2. The largest absolute Gasteiger partial charge is 0.347 e. The van der Waals surface area contributed by atoms with Crippen LogP contribution in [0.25, 0.3) is 11.1 Å². The molecule has 0 radical (unpaired) electrons. The number of hydrogen-bond acceptors (Lipinski definition) is 4. The van der Waals surface area contributed by atoms with Crippen molar-refractivity contribution in [2.45, 2.75) is 25.9 Å². The lowest BCUT2D eigenvalue weighted by atomic mass is 9.93. The van der Waals surface area contributed by atoms with E-state index in [1.54, 1.807) is 28.0 Å². The molecule has 1 aliphatic rings. The second-order valence-electron chi connectivity index (χ2n) is 7.92. The number of likely N-dealkylation sites (N-methyl/N-ethyl adjacent to an activating group) is 1. The van der Waals surface area contributed by atoms with E-state index in [-0.39, 0.29) is 24.2 Å². The topological polar surface area (TPSA) is 75.5 Å². The first kappa shape index (κ1) is 22.4. The third-order valence-corrected chi connectivity index (χ3v) is 5.96. The van der Waals surface area contributed by atoms with Gasteiger partial charge in [-0.2, -0.15) is 0 Å². The molecule has 1 aromatic heterocycles. The monoisotopic (exact) mass is 448 g/mol. The molecule has 7 nitrogen and oxygen atoms in total. The molecule has 1 saturated heterocycles. The van der Waals surface area contributed by atoms with Crippen molar-refractivity contribution in [3.05, 3.63) is 88.9 Å². The van der Waals surface area contributed by atoms with E-state index in [1.807, 2.05) is 31.2 Å². The Hall–Kier alpha value is -3.81. The highest BCUT2D eigenvalue weighted by Gasteiger charge is 2.37. The number of halogens is 1. The molecule has 3 aromatic rings. The van der Waals surface area contributed by atoms with Gasteiger partial charge in [0.1, 0.15) is 18.4 Å². The Morgan fingerprint density at radius 1 is 1.06 bits per heavy atom. The van der Waals surface area contributed by atoms with Crippen molar-refractivity contribution in [1.82, 2.24) is 19.4 Å². The molecule has 8 heteroatoms. The summed E-state index contributed by atoms with van der Waals surface area (Å²) < 4.78 is 14.7. The van der Waals surface area contributed by atoms with Gasteiger partial charge in [0.2, 0.25) is 11.8 Å². The Balaban J connectivity index is 1.65. The number of piperazine rings is 1. The maximum absolute atomic E-state index is 13.4. The summed E-state index contributed by atoms with van der Waals surface area (Å²) in [5.41, 5.74) is 2.09. The maximum atomic E-state index is 13.4. The van der Waals surface area contributed by atoms with Crippen LogP contribution in [-0.2, 0) is 22.6 Å². The normalized spacial score (nSPS) is 16.2. The van der Waals surface area contributed by atoms with Gasteiger partial charge in [0.15, 0.2) is 0 Å². The number of carbonyl (C=O) groups is 2. The van der Waals surface area contributed by atoms with Crippen LogP contribution in [0, 0.1) is 5.82 Å². The van der Waals surface area contributed by atoms with E-state index in [4.69, 9.17) is 0 Å². The van der Waals surface area contributed by atoms with E-state index >= 15 is 0 Å². The Kier molecular flexibility index (Phi) is 6.63. The van der Waals surface area contributed by atoms with Crippen LogP contribution in [0.15, 0.2) is 71.8 Å². The minimum absolute atomic E-state index is 0.121. The van der Waals surface area contributed by atoms with Crippen molar-refractivity contribution in [1.29, 1.82) is 0 Å². The molecule has 1 fully saturated rings. The average Bonchev–Trinajstić information content (AvgIpc) is 2.82. The van der Waals surface area contributed by atoms with Gasteiger partial charge < -0.3 is 9.80 Å². The summed E-state index contributed by atoms with van der Waals surface area (Å²) in [5, 5.41) is 0. The molecule has 0 N–H and O–H groups in total. The molecule has 33 heavy (non-hydrogen) atoms. The first-order chi connectivity index (χ1) is 16.0. The summed E-state index contributed by atoms with van der Waals surface area (Å²) in [5.74, 6) is -0.747. The quantitative estimate of drug-likeness (QED) is 0.580. The van der Waals surface area contributed by atoms with Crippen LogP contribution in [0.3, 0.4) is 0 Å². The second kappa shape index (κ2) is 9.77. The number of amides is 2. The van der Waals surface area contributed by atoms with Gasteiger partial charge in [0, 0.05) is 38.4 Å². The third kappa shape index (κ3) is 4.84. The summed E-state index contributed by atoms with van der Waals surface area (Å²) in [7, 11) is 0. The van der Waals surface area contributed by atoms with Crippen LogP contribution in [0.1, 0.15) is 12.5 Å². The highest BCUT2D eigenvalue weighted by Crippen LogP contribution is 2.27. The van der Waals surface area contributed by atoms with Gasteiger partial charge in [0.25, 0.3) is 0 Å². The number of benzene rings is 2. The van der Waals surface area contributed by atoms with Crippen LogP contribution in [0.4, 0.5) is 4.39 Å². The Labute approximate surface area is 191 Å². The molecule has 1 unspecified atom stereocenters. The zero-order valence-electron chi connectivity index (χ0n) is 18.4. The molecule has 0 aliphatic carbocycles. The van der Waals surface area contributed by atoms with Crippen molar-refractivity contribution in [3.8, 4) is 11.1 Å². The van der Waals surface area contributed by atoms with E-state index in [0.29, 0.717) is 26.1 Å². The van der Waals surface area contributed by atoms with Gasteiger partial charge in [-0.1, -0.05) is 36.4 Å². The molecular weight excluding hydrogens is 423 g/mol. The summed E-state index contributed by atoms with van der Waals surface area (Å²) in [6, 6.07) is 14.7. The van der Waals surface area contributed by atoms with Gasteiger partial charge in [0.05, 0.1) is 0 Å². The van der Waals surface area contributed by atoms with E-state index in [2.05, 4.69) is 4.98 Å². The number of nitrogens with zero attached hydrogens (tertiary/aromatic N) is 4. The molecule has 2 amide bonds. The molecule has 2 aromatic carbocycles. The van der Waals surface area contributed by atoms with Gasteiger partial charge in [-0.15, -0.1) is 0 Å². The number of hydrogen-bond donors (Lipinski definition) is 0. The fourth-order valence-corrected chi connectivity index (χ4v) is 4.21. The summed E-state index contributed by atoms with van der Waals surface area (Å²) in [4.78, 5) is 45.4. The first-order valence-electron chi connectivity index (χ1n) is 10.9. The molecule has 0 spiro atoms. The number of rotatable bonds is 6. The highest BCUT2D eigenvalue weighted by atomic mass is 19.1. The molecule has 2 heterocycles. The molecular formula is C25H25FN4O3. The Bertz CT molecular complexity index is 1210. The first-order valence-corrected chi connectivity index (χ1v) is 10.9. The van der Waals surface area contributed by atoms with E-state index in [9.17, 15) is 18.8 Å². The van der Waals surface area contributed by atoms with Crippen LogP contribution in [0.5, 0.6) is 0 Å². The SMILES string of the molecule is CCN1CCN(C(=O)Cn2cccnc2=O)C(Cc2ccccc2-c2ccc(F)cc2)C1=O. The summed E-state index contributed by atoms with van der Waals surface area (Å²) in [6.07, 6.45) is 3.20. The molecule has 170 valence electrons. The second-order valence-corrected chi connectivity index (χ2v) is 7.92. The predicted octanol–water partition coefficient (Wildman–Crippen LogP) is 2.35. The van der Waals surface area contributed by atoms with Crippen molar-refractivity contribution in [2.24, 2.45) is 0 Å². The zero-order chi connectivity index (χ0) is 23.4. The summed E-state index contributed by atoms with van der Waals surface area (Å²) >= 11 is 0. The molecule has 1 atom stereocenters. The van der Waals surface area contributed by atoms with Gasteiger partial charge in [-0.3, -0.25) is 14.2 Å². The van der Waals surface area contributed by atoms with Gasteiger partial charge in [-0.25, -0.2) is 14.2 Å². The van der Waals surface area contributed by atoms with Crippen LogP contribution in [0.2, 0.25) is 0 Å². The Morgan fingerprint density at radius 2 is 1.82 bits per heavy atom. The highest BCUT2D eigenvalue weighted by molar-refractivity contribution is 5.89. The average molecular weight is 448 g/mol. The van der Waals surface area contributed by atoms with Crippen molar-refractivity contribution >= 4 is 11.8 Å². The fourth-order valence-electron chi connectivity index (χ4n) is 4.21. The molecule has 4 rings (SSSR count). The predicted molar refractivity (Wildman–Crippen MR) is 122 cm³/mol. The van der Waals surface area contributed by atoms with E-state index in [1.165, 1.54) is 29.1 Å². The lowest BCUT2D eigenvalue weighted by molar-refractivity contribution is -0.151. The lowest BCUT2D eigenvalue weighted by Gasteiger charge is -2.40. The lowest BCUT2D eigenvalue weighted by Crippen LogP contribution is -2.60. The van der Waals surface area contributed by atoms with Gasteiger partial charge >= 0.3 is 5.69 Å². The van der Waals surface area contributed by atoms with E-state index in [0.717, 1.165) is 16.7 Å².